The highest BCUT2D eigenvalue weighted by Crippen LogP contribution is 2.33. The number of aliphatic hydroxyl groups is 2. The number of aliphatic hydroxyl groups excluding tert-OH is 2. The zero-order valence-corrected chi connectivity index (χ0v) is 9.71. The largest absolute Gasteiger partial charge is 0.419 e. The number of alkyl halides is 3. The van der Waals surface area contributed by atoms with Crippen molar-refractivity contribution in [3.05, 3.63) is 35.1 Å². The van der Waals surface area contributed by atoms with Crippen LogP contribution in [0.15, 0.2) is 18.2 Å². The van der Waals surface area contributed by atoms with Crippen molar-refractivity contribution in [1.29, 1.82) is 0 Å². The van der Waals surface area contributed by atoms with Crippen LogP contribution in [0.2, 0.25) is 0 Å². The van der Waals surface area contributed by atoms with Gasteiger partial charge >= 0.3 is 6.18 Å². The first-order valence-corrected chi connectivity index (χ1v) is 5.50. The Morgan fingerprint density at radius 2 is 1.83 bits per heavy atom. The van der Waals surface area contributed by atoms with Crippen LogP contribution >= 0.6 is 0 Å². The minimum Gasteiger partial charge on any atom is -0.390 e. The number of benzene rings is 1. The van der Waals surface area contributed by atoms with Crippen LogP contribution in [0.3, 0.4) is 0 Å². The number of halogens is 4. The van der Waals surface area contributed by atoms with Crippen LogP contribution in [0, 0.1) is 5.82 Å². The van der Waals surface area contributed by atoms with E-state index in [4.69, 9.17) is 0 Å². The Balaban J connectivity index is 3.05. The molecule has 102 valence electrons. The first-order chi connectivity index (χ1) is 8.27. The van der Waals surface area contributed by atoms with Crippen molar-refractivity contribution in [2.75, 3.05) is 0 Å². The number of rotatable bonds is 4. The van der Waals surface area contributed by atoms with E-state index in [2.05, 4.69) is 0 Å². The van der Waals surface area contributed by atoms with Gasteiger partial charge in [0.15, 0.2) is 0 Å². The second-order valence-corrected chi connectivity index (χ2v) is 4.04. The number of hydrogen-bond acceptors (Lipinski definition) is 2. The van der Waals surface area contributed by atoms with E-state index >= 15 is 0 Å². The molecule has 0 heterocycles. The van der Waals surface area contributed by atoms with Gasteiger partial charge in [0.1, 0.15) is 11.9 Å². The summed E-state index contributed by atoms with van der Waals surface area (Å²) in [6.45, 7) is 1.77. The van der Waals surface area contributed by atoms with E-state index < -0.39 is 29.8 Å². The van der Waals surface area contributed by atoms with E-state index in [-0.39, 0.29) is 12.0 Å². The molecular formula is C12H14F4O2. The lowest BCUT2D eigenvalue weighted by molar-refractivity contribution is -0.140. The van der Waals surface area contributed by atoms with Gasteiger partial charge in [0.25, 0.3) is 0 Å². The zero-order chi connectivity index (χ0) is 13.9. The summed E-state index contributed by atoms with van der Waals surface area (Å²) in [4.78, 5) is 0. The Morgan fingerprint density at radius 1 is 1.22 bits per heavy atom. The van der Waals surface area contributed by atoms with Crippen LogP contribution in [0.4, 0.5) is 17.6 Å². The molecule has 0 aliphatic carbocycles. The van der Waals surface area contributed by atoms with Crippen LogP contribution in [0.25, 0.3) is 0 Å². The van der Waals surface area contributed by atoms with E-state index in [1.54, 1.807) is 6.92 Å². The minimum absolute atomic E-state index is 0.148. The average Bonchev–Trinajstić information content (AvgIpc) is 2.27. The monoisotopic (exact) mass is 266 g/mol. The lowest BCUT2D eigenvalue weighted by Crippen LogP contribution is -2.19. The van der Waals surface area contributed by atoms with Gasteiger partial charge in [-0.2, -0.15) is 13.2 Å². The normalized spacial score (nSPS) is 15.5. The topological polar surface area (TPSA) is 40.5 Å². The third-order valence-corrected chi connectivity index (χ3v) is 2.59. The fourth-order valence-corrected chi connectivity index (χ4v) is 1.62. The fraction of sp³-hybridized carbons (Fsp3) is 0.500. The zero-order valence-electron chi connectivity index (χ0n) is 9.71. The maximum Gasteiger partial charge on any atom is 0.419 e. The molecule has 0 aliphatic rings. The van der Waals surface area contributed by atoms with Crippen molar-refractivity contribution < 1.29 is 27.8 Å². The molecule has 0 radical (unpaired) electrons. The van der Waals surface area contributed by atoms with Gasteiger partial charge < -0.3 is 10.2 Å². The molecule has 1 aromatic carbocycles. The summed E-state index contributed by atoms with van der Waals surface area (Å²) in [6.07, 6.45) is -6.62. The summed E-state index contributed by atoms with van der Waals surface area (Å²) >= 11 is 0. The molecule has 0 aliphatic heterocycles. The standard InChI is InChI=1S/C12H14F4O2/c1-2-3-10(17)11(18)7-4-5-9(13)8(6-7)12(14,15)16/h4-6,10-11,17-18H,2-3H2,1H3. The van der Waals surface area contributed by atoms with Crippen molar-refractivity contribution in [2.24, 2.45) is 0 Å². The highest BCUT2D eigenvalue weighted by Gasteiger charge is 2.35. The van der Waals surface area contributed by atoms with Crippen molar-refractivity contribution >= 4 is 0 Å². The molecule has 0 saturated carbocycles. The second kappa shape index (κ2) is 5.67. The van der Waals surface area contributed by atoms with E-state index in [0.717, 1.165) is 6.07 Å². The maximum atomic E-state index is 13.0. The molecule has 2 unspecified atom stereocenters. The SMILES string of the molecule is CCCC(O)C(O)c1ccc(F)c(C(F)(F)F)c1. The third kappa shape index (κ3) is 3.43. The lowest BCUT2D eigenvalue weighted by Gasteiger charge is -2.19. The van der Waals surface area contributed by atoms with Crippen molar-refractivity contribution in [1.82, 2.24) is 0 Å². The van der Waals surface area contributed by atoms with Crippen molar-refractivity contribution in [3.8, 4) is 0 Å². The summed E-state index contributed by atoms with van der Waals surface area (Å²) in [5.74, 6) is -1.40. The smallest absolute Gasteiger partial charge is 0.390 e. The van der Waals surface area contributed by atoms with Crippen molar-refractivity contribution in [3.63, 3.8) is 0 Å². The molecule has 0 fully saturated rings. The van der Waals surface area contributed by atoms with Gasteiger partial charge in [0.05, 0.1) is 11.7 Å². The Morgan fingerprint density at radius 3 is 2.33 bits per heavy atom. The molecule has 0 aromatic heterocycles. The Bertz CT molecular complexity index is 404. The quantitative estimate of drug-likeness (QED) is 0.822. The highest BCUT2D eigenvalue weighted by atomic mass is 19.4. The maximum absolute atomic E-state index is 13.0. The molecule has 0 spiro atoms. The summed E-state index contributed by atoms with van der Waals surface area (Å²) in [5.41, 5.74) is -1.59. The van der Waals surface area contributed by atoms with Gasteiger partial charge in [0, 0.05) is 0 Å². The van der Waals surface area contributed by atoms with Crippen molar-refractivity contribution in [2.45, 2.75) is 38.1 Å². The van der Waals surface area contributed by atoms with E-state index in [0.29, 0.717) is 18.6 Å². The van der Waals surface area contributed by atoms with Gasteiger partial charge in [-0.25, -0.2) is 4.39 Å². The summed E-state index contributed by atoms with van der Waals surface area (Å²) < 4.78 is 50.4. The van der Waals surface area contributed by atoms with Gasteiger partial charge in [-0.15, -0.1) is 0 Å². The fourth-order valence-electron chi connectivity index (χ4n) is 1.62. The minimum atomic E-state index is -4.82. The summed E-state index contributed by atoms with van der Waals surface area (Å²) in [6, 6.07) is 2.20. The molecule has 1 rings (SSSR count). The predicted molar refractivity (Wildman–Crippen MR) is 57.3 cm³/mol. The molecule has 6 heteroatoms. The first-order valence-electron chi connectivity index (χ1n) is 5.50. The van der Waals surface area contributed by atoms with Gasteiger partial charge in [-0.3, -0.25) is 0 Å². The summed E-state index contributed by atoms with van der Waals surface area (Å²) in [5, 5.41) is 19.2. The van der Waals surface area contributed by atoms with Crippen LogP contribution in [0.5, 0.6) is 0 Å². The predicted octanol–water partition coefficient (Wildman–Crippen LogP) is 3.04. The number of hydrogen-bond donors (Lipinski definition) is 2. The molecule has 0 saturated heterocycles. The van der Waals surface area contributed by atoms with Crippen LogP contribution < -0.4 is 0 Å². The Kier molecular flexibility index (Phi) is 4.70. The third-order valence-electron chi connectivity index (χ3n) is 2.59. The van der Waals surface area contributed by atoms with Gasteiger partial charge in [-0.1, -0.05) is 19.4 Å². The molecule has 2 atom stereocenters. The first kappa shape index (κ1) is 14.9. The van der Waals surface area contributed by atoms with Crippen LogP contribution in [-0.4, -0.2) is 16.3 Å². The second-order valence-electron chi connectivity index (χ2n) is 4.04. The molecule has 1 aromatic rings. The Labute approximate surface area is 102 Å². The Hall–Kier alpha value is -1.14. The summed E-state index contributed by atoms with van der Waals surface area (Å²) in [7, 11) is 0. The van der Waals surface area contributed by atoms with E-state index in [1.807, 2.05) is 0 Å². The highest BCUT2D eigenvalue weighted by molar-refractivity contribution is 5.29. The molecule has 0 bridgehead atoms. The molecule has 2 nitrogen and oxygen atoms in total. The molecule has 0 amide bonds. The lowest BCUT2D eigenvalue weighted by atomic mass is 9.99. The van der Waals surface area contributed by atoms with Gasteiger partial charge in [0.2, 0.25) is 0 Å². The molecular weight excluding hydrogens is 252 g/mol. The van der Waals surface area contributed by atoms with Crippen LogP contribution in [0.1, 0.15) is 37.0 Å². The molecule has 2 N–H and O–H groups in total. The van der Waals surface area contributed by atoms with Gasteiger partial charge in [-0.05, 0) is 24.1 Å². The molecule has 18 heavy (non-hydrogen) atoms. The average molecular weight is 266 g/mol. The van der Waals surface area contributed by atoms with Crippen LogP contribution in [-0.2, 0) is 6.18 Å². The van der Waals surface area contributed by atoms with E-state index in [9.17, 15) is 27.8 Å². The van der Waals surface area contributed by atoms with E-state index in [1.165, 1.54) is 0 Å².